The van der Waals surface area contributed by atoms with Crippen molar-refractivity contribution in [2.75, 3.05) is 6.54 Å². The van der Waals surface area contributed by atoms with E-state index in [0.717, 1.165) is 66.0 Å². The minimum atomic E-state index is -4.25. The van der Waals surface area contributed by atoms with Crippen LogP contribution in [0.3, 0.4) is 0 Å². The molecule has 26 heteroatoms. The van der Waals surface area contributed by atoms with Gasteiger partial charge in [0.2, 0.25) is 10.7 Å². The highest BCUT2D eigenvalue weighted by molar-refractivity contribution is 15.0. The van der Waals surface area contributed by atoms with Crippen LogP contribution in [0.2, 0.25) is 0 Å². The highest BCUT2D eigenvalue weighted by Gasteiger charge is 2.59. The van der Waals surface area contributed by atoms with E-state index in [1.807, 2.05) is 12.1 Å². The molecule has 1 aliphatic heterocycles. The third kappa shape index (κ3) is 13.0. The minimum absolute atomic E-state index is 0. The number of rotatable bonds is 14. The molecule has 0 saturated heterocycles. The molecule has 7 aromatic rings. The number of hydrogen-bond donors (Lipinski definition) is 3. The predicted molar refractivity (Wildman–Crippen MR) is 275 cm³/mol. The molecule has 2 atom stereocenters. The summed E-state index contributed by atoms with van der Waals surface area (Å²) >= 11 is 9.19. The van der Waals surface area contributed by atoms with Crippen LogP contribution in [0.25, 0.3) is 0 Å². The van der Waals surface area contributed by atoms with Crippen LogP contribution in [0.5, 0.6) is 23.0 Å². The number of nitrogens with zero attached hydrogens (tertiary/aromatic N) is 8. The molecule has 14 nitrogen and oxygen atoms in total. The van der Waals surface area contributed by atoms with E-state index in [-0.39, 0.29) is 46.7 Å². The van der Waals surface area contributed by atoms with Gasteiger partial charge in [0, 0.05) is 66.7 Å². The molecule has 8 rings (SSSR count). The first kappa shape index (κ1) is 57.7. The number of hydrogen-bond acceptors (Lipinski definition) is 12. The van der Waals surface area contributed by atoms with E-state index in [1.54, 1.807) is 0 Å². The van der Waals surface area contributed by atoms with Crippen molar-refractivity contribution in [1.29, 1.82) is 10.5 Å². The highest BCUT2D eigenvalue weighted by Crippen LogP contribution is 2.48. The van der Waals surface area contributed by atoms with Crippen molar-refractivity contribution in [1.82, 2.24) is 29.7 Å². The van der Waals surface area contributed by atoms with Gasteiger partial charge in [-0.2, -0.15) is 33.2 Å². The molecule has 0 radical (unpaired) electrons. The largest absolute Gasteiger partial charge is 0.456 e. The number of ether oxygens (including phenoxy) is 2. The molecule has 73 heavy (non-hydrogen) atoms. The predicted octanol–water partition coefficient (Wildman–Crippen LogP) is 11.6. The summed E-state index contributed by atoms with van der Waals surface area (Å²) in [7, 11) is 0. The van der Waals surface area contributed by atoms with Gasteiger partial charge in [0.15, 0.2) is 11.2 Å². The summed E-state index contributed by atoms with van der Waals surface area (Å²) in [4.78, 5) is 23.1. The van der Waals surface area contributed by atoms with Crippen LogP contribution in [0.15, 0.2) is 133 Å². The number of carbonyl (C=O) groups is 1. The Kier molecular flexibility index (Phi) is 19.5. The number of nitrogens with one attached hydrogen (secondary N) is 1. The van der Waals surface area contributed by atoms with Gasteiger partial charge in [0.25, 0.3) is 0 Å². The minimum Gasteiger partial charge on any atom is -0.456 e. The Morgan fingerprint density at radius 2 is 1.08 bits per heavy atom. The van der Waals surface area contributed by atoms with Crippen molar-refractivity contribution in [2.24, 2.45) is 5.10 Å². The number of aliphatic hydroxyl groups is 2. The van der Waals surface area contributed by atoms with Gasteiger partial charge in [-0.15, -0.1) is 24.0 Å². The number of aromatic amines is 1. The Labute approximate surface area is 454 Å². The summed E-state index contributed by atoms with van der Waals surface area (Å²) in [5.41, 5.74) is -9.41. The zero-order valence-electron chi connectivity index (χ0n) is 36.6. The molecular formula is C47H32F8I3N9O5S. The summed E-state index contributed by atoms with van der Waals surface area (Å²) in [6, 6.07) is 23.8. The molecule has 0 fully saturated rings. The molecule has 0 spiro atoms. The molecule has 4 aromatic carbocycles. The monoisotopic (exact) mass is 1370 g/mol. The smallest absolute Gasteiger partial charge is 0.323 e. The third-order valence-electron chi connectivity index (χ3n) is 10.5. The first-order valence-electron chi connectivity index (χ1n) is 20.3. The number of nitriles is 2. The van der Waals surface area contributed by atoms with Crippen molar-refractivity contribution in [3.05, 3.63) is 190 Å². The number of halogens is 11. The second kappa shape index (κ2) is 24.7. The lowest BCUT2D eigenvalue weighted by Crippen LogP contribution is -2.52. The average molecular weight is 1370 g/mol. The molecule has 0 saturated carbocycles. The Morgan fingerprint density at radius 1 is 0.658 bits per heavy atom. The Balaban J connectivity index is 0.000000258. The van der Waals surface area contributed by atoms with E-state index in [1.165, 1.54) is 54.6 Å². The summed E-state index contributed by atoms with van der Waals surface area (Å²) in [5.74, 6) is -13.1. The molecule has 3 N–H and O–H groups in total. The number of amides is 1. The van der Waals surface area contributed by atoms with E-state index in [4.69, 9.17) is 32.2 Å². The fraction of sp³-hybridized carbons (Fsp3) is 0.149. The summed E-state index contributed by atoms with van der Waals surface area (Å²) in [6.45, 7) is -2.05. The summed E-state index contributed by atoms with van der Waals surface area (Å²) < 4.78 is 131. The number of H-pyrrole nitrogens is 1. The van der Waals surface area contributed by atoms with Crippen LogP contribution in [0.4, 0.5) is 35.1 Å². The molecule has 0 bridgehead atoms. The van der Waals surface area contributed by atoms with E-state index in [2.05, 4.69) is 62.4 Å². The Morgan fingerprint density at radius 3 is 1.42 bits per heavy atom. The van der Waals surface area contributed by atoms with Crippen LogP contribution in [0.1, 0.15) is 40.1 Å². The van der Waals surface area contributed by atoms with Gasteiger partial charge in [-0.3, -0.25) is 24.5 Å². The number of β-amino-alcohol motifs (C(OH)–C–C–N with tert-alkyl or cyclic N) is 1. The normalized spacial score (nSPS) is 13.6. The maximum absolute atomic E-state index is 15.8. The van der Waals surface area contributed by atoms with Crippen molar-refractivity contribution >= 4 is 85.5 Å². The highest BCUT2D eigenvalue weighted by atomic mass is 128. The zero-order chi connectivity index (χ0) is 52.4. The molecule has 1 aliphatic rings. The number of aromatic nitrogens is 5. The first-order valence-corrected chi connectivity index (χ1v) is 26.9. The molecule has 3 aromatic heterocycles. The molecule has 1 amide bonds. The number of benzene rings is 4. The quantitative estimate of drug-likeness (QED) is 0.0532. The number of hydrazone groups is 1. The van der Waals surface area contributed by atoms with Crippen LogP contribution in [-0.2, 0) is 34.4 Å². The summed E-state index contributed by atoms with van der Waals surface area (Å²) in [6.07, 6.45) is 4.09. The van der Waals surface area contributed by atoms with Crippen LogP contribution < -0.4 is 9.47 Å². The Bertz CT molecular complexity index is 3220. The molecular weight excluding hydrogens is 1340 g/mol. The maximum atomic E-state index is 15.8. The number of pyridine rings is 2. The van der Waals surface area contributed by atoms with Gasteiger partial charge in [-0.25, -0.2) is 27.6 Å². The third-order valence-corrected chi connectivity index (χ3v) is 10.8. The molecule has 4 heterocycles. The maximum Gasteiger partial charge on any atom is 0.323 e. The number of alkyl halides is 4. The molecule has 378 valence electrons. The van der Waals surface area contributed by atoms with Gasteiger partial charge in [0.05, 0.1) is 55.2 Å². The SMILES string of the molecule is I.II.N#Cc1ccc(Oc2ccc(C(F)(F)C(O)(CN3N=CCC3=O)c3ccc(F)cc3F)nc2)cc1.N#Cc1ccc(Oc2ccc(C(F)(F)C(O)(Cn3[nH]cnc3=S)c3ccc(F)cc3F)nc2)cc1. The fourth-order valence-corrected chi connectivity index (χ4v) is 7.02. The van der Waals surface area contributed by atoms with Crippen LogP contribution in [0, 0.1) is 50.7 Å². The molecule has 0 aliphatic carbocycles. The van der Waals surface area contributed by atoms with Crippen molar-refractivity contribution in [3.8, 4) is 35.1 Å². The second-order valence-corrected chi connectivity index (χ2v) is 15.4. The standard InChI is InChI=1S/C24H16F4N4O3.C23H15F4N5O2S.I2.HI/c25-16-3-7-19(20(26)11-16)23(34,14-32-22(33)9-10-31-32)24(27,28)21-8-6-18(13-30-21)35-17-4-1-15(12-29)2-5-17;24-15-3-7-18(19(25)9-15)22(33,12-32-21(35)30-13-31-32)23(26,27)20-8-6-17(11-29-20)34-16-4-1-14(10-28)2-5-16;1-2;/h1-8,10-11,13,34H,9,14H2;1-9,11,13,33H,12H2,(H,30,31,35);;1H. The van der Waals surface area contributed by atoms with Crippen molar-refractivity contribution in [3.63, 3.8) is 0 Å². The topological polar surface area (TPSA) is 199 Å². The fourth-order valence-electron chi connectivity index (χ4n) is 6.85. The second-order valence-electron chi connectivity index (χ2n) is 15.1. The first-order chi connectivity index (χ1) is 34.3. The van der Waals surface area contributed by atoms with Crippen molar-refractivity contribution < 1.29 is 59.6 Å². The lowest BCUT2D eigenvalue weighted by Gasteiger charge is -2.37. The van der Waals surface area contributed by atoms with Gasteiger partial charge in [-0.05, 0) is 109 Å². The van der Waals surface area contributed by atoms with E-state index >= 15 is 17.6 Å². The lowest BCUT2D eigenvalue weighted by molar-refractivity contribution is -0.208. The van der Waals surface area contributed by atoms with Gasteiger partial charge >= 0.3 is 11.8 Å². The zero-order valence-corrected chi connectivity index (χ0v) is 44.1. The van der Waals surface area contributed by atoms with E-state index < -0.39 is 87.8 Å². The lowest BCUT2D eigenvalue weighted by atomic mass is 9.84. The Hall–Kier alpha value is -6.19. The van der Waals surface area contributed by atoms with Gasteiger partial charge < -0.3 is 19.7 Å². The average Bonchev–Trinajstić information content (AvgIpc) is 3.97. The van der Waals surface area contributed by atoms with Crippen LogP contribution >= 0.6 is 73.4 Å². The van der Waals surface area contributed by atoms with Crippen LogP contribution in [-0.4, -0.2) is 58.6 Å². The number of carbonyl (C=O) groups excluding carboxylic acids is 1. The molecule has 2 unspecified atom stereocenters. The summed E-state index contributed by atoms with van der Waals surface area (Å²) in [5, 5.41) is 46.9. The van der Waals surface area contributed by atoms with Gasteiger partial charge in [-0.1, -0.05) is 0 Å². The van der Waals surface area contributed by atoms with Crippen molar-refractivity contribution in [2.45, 2.75) is 36.0 Å². The van der Waals surface area contributed by atoms with E-state index in [9.17, 15) is 32.6 Å². The van der Waals surface area contributed by atoms with E-state index in [0.29, 0.717) is 45.8 Å². The van der Waals surface area contributed by atoms with Gasteiger partial charge in [0.1, 0.15) is 64.0 Å².